The first-order chi connectivity index (χ1) is 19.8. The first-order valence-corrected chi connectivity index (χ1v) is 14.3. The maximum absolute atomic E-state index is 13.5. The highest BCUT2D eigenvalue weighted by Crippen LogP contribution is 2.25. The van der Waals surface area contributed by atoms with Crippen molar-refractivity contribution in [3.63, 3.8) is 0 Å². The van der Waals surface area contributed by atoms with Gasteiger partial charge in [-0.3, -0.25) is 13.9 Å². The van der Waals surface area contributed by atoms with Crippen LogP contribution in [0.2, 0.25) is 0 Å². The smallest absolute Gasteiger partial charge is 0.264 e. The summed E-state index contributed by atoms with van der Waals surface area (Å²) >= 11 is 0. The molecule has 4 rings (SSSR count). The summed E-state index contributed by atoms with van der Waals surface area (Å²) in [6, 6.07) is 30.3. The number of carbonyl (C=O) groups is 2. The van der Waals surface area contributed by atoms with Gasteiger partial charge in [-0.2, -0.15) is 5.10 Å². The molecule has 0 heterocycles. The molecule has 0 bridgehead atoms. The van der Waals surface area contributed by atoms with Crippen LogP contribution in [0.5, 0.6) is 5.75 Å². The number of anilines is 2. The lowest BCUT2D eigenvalue weighted by atomic mass is 10.1. The quantitative estimate of drug-likeness (QED) is 0.193. The van der Waals surface area contributed by atoms with Gasteiger partial charge < -0.3 is 10.1 Å². The molecule has 0 aliphatic carbocycles. The zero-order chi connectivity index (χ0) is 29.2. The molecule has 0 saturated heterocycles. The van der Waals surface area contributed by atoms with Gasteiger partial charge in [0.25, 0.3) is 21.8 Å². The Morgan fingerprint density at radius 2 is 1.41 bits per heavy atom. The molecule has 4 aromatic rings. The fraction of sp³-hybridized carbons (Fsp3) is 0.129. The number of amides is 2. The van der Waals surface area contributed by atoms with E-state index in [0.29, 0.717) is 40.6 Å². The summed E-state index contributed by atoms with van der Waals surface area (Å²) in [6.07, 6.45) is 0. The van der Waals surface area contributed by atoms with Crippen LogP contribution in [-0.2, 0) is 14.8 Å². The first kappa shape index (κ1) is 29.0. The lowest BCUT2D eigenvalue weighted by molar-refractivity contribution is -0.119. The minimum Gasteiger partial charge on any atom is -0.494 e. The number of hydrogen-bond donors (Lipinski definition) is 2. The molecule has 0 fully saturated rings. The van der Waals surface area contributed by atoms with Gasteiger partial charge in [0.05, 0.1) is 22.9 Å². The Morgan fingerprint density at radius 3 is 2.02 bits per heavy atom. The van der Waals surface area contributed by atoms with E-state index in [2.05, 4.69) is 15.8 Å². The molecular formula is C31H30N4O5S. The third-order valence-electron chi connectivity index (χ3n) is 6.00. The van der Waals surface area contributed by atoms with E-state index in [-0.39, 0.29) is 10.8 Å². The van der Waals surface area contributed by atoms with Crippen LogP contribution in [-0.4, -0.2) is 39.1 Å². The largest absolute Gasteiger partial charge is 0.494 e. The highest BCUT2D eigenvalue weighted by molar-refractivity contribution is 7.92. The molecule has 0 atom stereocenters. The number of rotatable bonds is 11. The topological polar surface area (TPSA) is 117 Å². The number of carbonyl (C=O) groups excluding carboxylic acids is 2. The van der Waals surface area contributed by atoms with Crippen LogP contribution < -0.4 is 19.8 Å². The van der Waals surface area contributed by atoms with Gasteiger partial charge in [-0.05, 0) is 80.1 Å². The molecule has 0 unspecified atom stereocenters. The molecule has 4 aromatic carbocycles. The number of sulfonamides is 1. The summed E-state index contributed by atoms with van der Waals surface area (Å²) in [5.41, 5.74) is 5.12. The Kier molecular flexibility index (Phi) is 9.49. The Labute approximate surface area is 239 Å². The maximum Gasteiger partial charge on any atom is 0.264 e. The molecule has 0 spiro atoms. The zero-order valence-electron chi connectivity index (χ0n) is 22.7. The lowest BCUT2D eigenvalue weighted by Crippen LogP contribution is -2.39. The van der Waals surface area contributed by atoms with E-state index in [0.717, 1.165) is 4.31 Å². The average molecular weight is 571 g/mol. The number of nitrogens with zero attached hydrogens (tertiary/aromatic N) is 2. The van der Waals surface area contributed by atoms with Crippen LogP contribution in [0.4, 0.5) is 11.4 Å². The normalized spacial score (nSPS) is 11.4. The summed E-state index contributed by atoms with van der Waals surface area (Å²) in [7, 11) is -4.05. The summed E-state index contributed by atoms with van der Waals surface area (Å²) in [6.45, 7) is 3.54. The number of hydrazone groups is 1. The van der Waals surface area contributed by atoms with Crippen molar-refractivity contribution in [2.24, 2.45) is 5.10 Å². The van der Waals surface area contributed by atoms with Crippen LogP contribution in [0.25, 0.3) is 0 Å². The lowest BCUT2D eigenvalue weighted by Gasteiger charge is -2.24. The zero-order valence-corrected chi connectivity index (χ0v) is 23.5. The van der Waals surface area contributed by atoms with Gasteiger partial charge in [0.2, 0.25) is 0 Å². The molecule has 0 radical (unpaired) electrons. The second-order valence-electron chi connectivity index (χ2n) is 8.88. The van der Waals surface area contributed by atoms with Crippen molar-refractivity contribution in [1.82, 2.24) is 5.43 Å². The van der Waals surface area contributed by atoms with E-state index in [4.69, 9.17) is 4.74 Å². The molecule has 41 heavy (non-hydrogen) atoms. The molecule has 210 valence electrons. The molecular weight excluding hydrogens is 540 g/mol. The highest BCUT2D eigenvalue weighted by Gasteiger charge is 2.27. The maximum atomic E-state index is 13.5. The van der Waals surface area contributed by atoms with E-state index < -0.39 is 22.5 Å². The first-order valence-electron chi connectivity index (χ1n) is 12.9. The minimum atomic E-state index is -4.05. The van der Waals surface area contributed by atoms with E-state index in [9.17, 15) is 18.0 Å². The van der Waals surface area contributed by atoms with Crippen molar-refractivity contribution in [3.8, 4) is 5.75 Å². The van der Waals surface area contributed by atoms with Gasteiger partial charge >= 0.3 is 0 Å². The van der Waals surface area contributed by atoms with Crippen LogP contribution in [0.3, 0.4) is 0 Å². The third-order valence-corrected chi connectivity index (χ3v) is 7.79. The van der Waals surface area contributed by atoms with Crippen molar-refractivity contribution in [1.29, 1.82) is 0 Å². The van der Waals surface area contributed by atoms with Gasteiger partial charge in [0, 0.05) is 11.3 Å². The molecule has 2 N–H and O–H groups in total. The van der Waals surface area contributed by atoms with Crippen molar-refractivity contribution in [3.05, 3.63) is 120 Å². The molecule has 0 aliphatic rings. The number of ether oxygens (including phenoxy) is 1. The summed E-state index contributed by atoms with van der Waals surface area (Å²) < 4.78 is 33.5. The Hall–Kier alpha value is -4.96. The van der Waals surface area contributed by atoms with Crippen molar-refractivity contribution in [2.45, 2.75) is 18.7 Å². The van der Waals surface area contributed by atoms with Gasteiger partial charge in [0.1, 0.15) is 12.3 Å². The monoisotopic (exact) mass is 570 g/mol. The van der Waals surface area contributed by atoms with E-state index in [1.54, 1.807) is 97.9 Å². The fourth-order valence-electron chi connectivity index (χ4n) is 3.87. The average Bonchev–Trinajstić information content (AvgIpc) is 3.00. The predicted molar refractivity (Wildman–Crippen MR) is 160 cm³/mol. The molecule has 10 heteroatoms. The van der Waals surface area contributed by atoms with Crippen LogP contribution in [0, 0.1) is 0 Å². The van der Waals surface area contributed by atoms with Gasteiger partial charge in [-0.15, -0.1) is 0 Å². The summed E-state index contributed by atoms with van der Waals surface area (Å²) in [4.78, 5) is 25.4. The van der Waals surface area contributed by atoms with E-state index in [1.165, 1.54) is 12.1 Å². The van der Waals surface area contributed by atoms with Gasteiger partial charge in [-0.25, -0.2) is 13.8 Å². The summed E-state index contributed by atoms with van der Waals surface area (Å²) in [5, 5.41) is 6.99. The van der Waals surface area contributed by atoms with Crippen LogP contribution >= 0.6 is 0 Å². The fourth-order valence-corrected chi connectivity index (χ4v) is 5.32. The molecule has 9 nitrogen and oxygen atoms in total. The summed E-state index contributed by atoms with van der Waals surface area (Å²) in [5.74, 6) is -0.258. The third kappa shape index (κ3) is 7.58. The van der Waals surface area contributed by atoms with Crippen molar-refractivity contribution < 1.29 is 22.7 Å². The number of nitrogens with one attached hydrogen (secondary N) is 2. The minimum absolute atomic E-state index is 0.0563. The number of benzene rings is 4. The van der Waals surface area contributed by atoms with Gasteiger partial charge in [0.15, 0.2) is 0 Å². The highest BCUT2D eigenvalue weighted by atomic mass is 32.2. The van der Waals surface area contributed by atoms with Crippen molar-refractivity contribution >= 4 is 38.9 Å². The second-order valence-corrected chi connectivity index (χ2v) is 10.7. The van der Waals surface area contributed by atoms with E-state index in [1.807, 2.05) is 13.0 Å². The molecule has 2 amide bonds. The second kappa shape index (κ2) is 13.4. The molecule has 0 aromatic heterocycles. The number of hydrogen-bond acceptors (Lipinski definition) is 6. The predicted octanol–water partition coefficient (Wildman–Crippen LogP) is 5.07. The molecule has 0 saturated carbocycles. The standard InChI is InChI=1S/C31H30N4O5S/c1-3-40-28-20-18-27(19-21-28)35(41(38,39)29-12-8-5-9-13-29)22-30(36)34-33-23(2)24-14-16-26(17-15-24)32-31(37)25-10-6-4-7-11-25/h4-21H,3,22H2,1-2H3,(H,32,37)(H,34,36)/b33-23-. The molecule has 0 aliphatic heterocycles. The Balaban J connectivity index is 1.46. The van der Waals surface area contributed by atoms with Gasteiger partial charge in [-0.1, -0.05) is 48.5 Å². The SMILES string of the molecule is CCOc1ccc(N(CC(=O)N/N=C(/C)c2ccc(NC(=O)c3ccccc3)cc2)S(=O)(=O)c2ccccc2)cc1. The van der Waals surface area contributed by atoms with Crippen LogP contribution in [0.1, 0.15) is 29.8 Å². The van der Waals surface area contributed by atoms with Crippen molar-refractivity contribution in [2.75, 3.05) is 22.8 Å². The Bertz CT molecular complexity index is 1610. The Morgan fingerprint density at radius 1 is 0.805 bits per heavy atom. The van der Waals surface area contributed by atoms with Crippen LogP contribution in [0.15, 0.2) is 119 Å². The van der Waals surface area contributed by atoms with E-state index >= 15 is 0 Å².